The topological polar surface area (TPSA) is 43.8 Å². The van der Waals surface area contributed by atoms with Crippen LogP contribution < -0.4 is 5.73 Å². The van der Waals surface area contributed by atoms with Gasteiger partial charge in [0.15, 0.2) is 0 Å². The van der Waals surface area contributed by atoms with Crippen molar-refractivity contribution in [2.45, 2.75) is 30.8 Å². The fourth-order valence-corrected chi connectivity index (χ4v) is 2.74. The molecule has 1 unspecified atom stereocenters. The summed E-state index contributed by atoms with van der Waals surface area (Å²) in [5.41, 5.74) is 7.52. The van der Waals surface area contributed by atoms with E-state index in [0.717, 1.165) is 24.4 Å². The molecule has 3 nitrogen and oxygen atoms in total. The summed E-state index contributed by atoms with van der Waals surface area (Å²) in [6.07, 6.45) is 6.98. The third kappa shape index (κ3) is 2.60. The number of rotatable bonds is 5. The summed E-state index contributed by atoms with van der Waals surface area (Å²) in [6.45, 7) is 3.12. The Morgan fingerprint density at radius 2 is 2.17 bits per heavy atom. The van der Waals surface area contributed by atoms with E-state index in [9.17, 15) is 0 Å². The second-order valence-corrected chi connectivity index (χ2v) is 5.05. The van der Waals surface area contributed by atoms with Crippen LogP contribution in [0.2, 0.25) is 0 Å². The molecule has 1 atom stereocenters. The number of imidazole rings is 1. The quantitative estimate of drug-likeness (QED) is 0.841. The summed E-state index contributed by atoms with van der Waals surface area (Å²) < 4.78 is 2.14. The number of aromatic nitrogens is 2. The van der Waals surface area contributed by atoms with Crippen LogP contribution in [-0.4, -0.2) is 15.8 Å². The molecule has 2 aromatic rings. The molecule has 0 aliphatic carbocycles. The molecular formula is C14H19N3S. The molecule has 0 aliphatic rings. The first-order chi connectivity index (χ1) is 8.77. The van der Waals surface area contributed by atoms with E-state index in [1.165, 1.54) is 4.90 Å². The maximum atomic E-state index is 6.37. The van der Waals surface area contributed by atoms with Crippen molar-refractivity contribution in [3.63, 3.8) is 0 Å². The highest BCUT2D eigenvalue weighted by Gasteiger charge is 2.16. The van der Waals surface area contributed by atoms with Gasteiger partial charge in [-0.1, -0.05) is 25.1 Å². The molecule has 2 N–H and O–H groups in total. The number of aryl methyl sites for hydroxylation is 1. The van der Waals surface area contributed by atoms with E-state index < -0.39 is 0 Å². The Morgan fingerprint density at radius 3 is 2.89 bits per heavy atom. The Hall–Kier alpha value is -1.26. The highest BCUT2D eigenvalue weighted by Crippen LogP contribution is 2.27. The van der Waals surface area contributed by atoms with Gasteiger partial charge in [-0.3, -0.25) is 0 Å². The summed E-state index contributed by atoms with van der Waals surface area (Å²) in [6, 6.07) is 8.10. The molecule has 0 radical (unpaired) electrons. The normalized spacial score (nSPS) is 12.6. The van der Waals surface area contributed by atoms with Crippen molar-refractivity contribution >= 4 is 11.8 Å². The molecule has 18 heavy (non-hydrogen) atoms. The van der Waals surface area contributed by atoms with Crippen molar-refractivity contribution in [3.8, 4) is 0 Å². The number of hydrogen-bond donors (Lipinski definition) is 1. The fraction of sp³-hybridized carbons (Fsp3) is 0.357. The number of nitrogens with zero attached hydrogens (tertiary/aromatic N) is 2. The van der Waals surface area contributed by atoms with Gasteiger partial charge in [-0.15, -0.1) is 11.8 Å². The maximum absolute atomic E-state index is 6.37. The van der Waals surface area contributed by atoms with Crippen LogP contribution in [0.5, 0.6) is 0 Å². The van der Waals surface area contributed by atoms with Crippen LogP contribution in [-0.2, 0) is 6.54 Å². The lowest BCUT2D eigenvalue weighted by atomic mass is 10.1. The largest absolute Gasteiger partial charge is 0.333 e. The van der Waals surface area contributed by atoms with Crippen molar-refractivity contribution < 1.29 is 0 Å². The molecule has 0 fully saturated rings. The van der Waals surface area contributed by atoms with E-state index in [2.05, 4.69) is 34.9 Å². The summed E-state index contributed by atoms with van der Waals surface area (Å²) in [5, 5.41) is 0. The zero-order chi connectivity index (χ0) is 13.0. The molecule has 96 valence electrons. The van der Waals surface area contributed by atoms with Gasteiger partial charge in [-0.25, -0.2) is 4.98 Å². The van der Waals surface area contributed by atoms with Crippen molar-refractivity contribution in [1.29, 1.82) is 0 Å². The van der Waals surface area contributed by atoms with E-state index in [1.807, 2.05) is 24.5 Å². The molecule has 2 rings (SSSR count). The van der Waals surface area contributed by atoms with Gasteiger partial charge in [0.05, 0.1) is 6.04 Å². The Bertz CT molecular complexity index is 507. The van der Waals surface area contributed by atoms with Crippen molar-refractivity contribution in [2.24, 2.45) is 5.73 Å². The van der Waals surface area contributed by atoms with Crippen LogP contribution in [0, 0.1) is 0 Å². The van der Waals surface area contributed by atoms with Crippen molar-refractivity contribution in [2.75, 3.05) is 6.26 Å². The monoisotopic (exact) mass is 261 g/mol. The average molecular weight is 261 g/mol. The lowest BCUT2D eigenvalue weighted by Crippen LogP contribution is -2.18. The van der Waals surface area contributed by atoms with E-state index in [4.69, 9.17) is 5.73 Å². The van der Waals surface area contributed by atoms with E-state index >= 15 is 0 Å². The third-order valence-corrected chi connectivity index (χ3v) is 3.78. The van der Waals surface area contributed by atoms with Crippen LogP contribution in [0.25, 0.3) is 0 Å². The SMILES string of the molecule is CCCn1ccnc1C(N)c1ccccc1SC. The van der Waals surface area contributed by atoms with Gasteiger partial charge in [0.2, 0.25) is 0 Å². The summed E-state index contributed by atoms with van der Waals surface area (Å²) in [7, 11) is 0. The Labute approximate surface area is 112 Å². The molecule has 4 heteroatoms. The van der Waals surface area contributed by atoms with Gasteiger partial charge in [0.1, 0.15) is 5.82 Å². The minimum absolute atomic E-state index is 0.157. The van der Waals surface area contributed by atoms with E-state index in [0.29, 0.717) is 0 Å². The minimum Gasteiger partial charge on any atom is -0.333 e. The molecule has 0 saturated heterocycles. The molecule has 0 saturated carbocycles. The number of hydrogen-bond acceptors (Lipinski definition) is 3. The standard InChI is InChI=1S/C14H19N3S/c1-3-9-17-10-8-16-14(17)13(15)11-6-4-5-7-12(11)18-2/h4-8,10,13H,3,9,15H2,1-2H3. The second kappa shape index (κ2) is 6.07. The molecule has 1 heterocycles. The summed E-state index contributed by atoms with van der Waals surface area (Å²) in [5.74, 6) is 0.943. The van der Waals surface area contributed by atoms with Crippen molar-refractivity contribution in [1.82, 2.24) is 9.55 Å². The molecular weight excluding hydrogens is 242 g/mol. The van der Waals surface area contributed by atoms with Crippen LogP contribution in [0.15, 0.2) is 41.6 Å². The lowest BCUT2D eigenvalue weighted by Gasteiger charge is -2.16. The first-order valence-electron chi connectivity index (χ1n) is 6.17. The van der Waals surface area contributed by atoms with Gasteiger partial charge in [-0.2, -0.15) is 0 Å². The minimum atomic E-state index is -0.157. The first kappa shape index (κ1) is 13.2. The molecule has 0 bridgehead atoms. The van der Waals surface area contributed by atoms with E-state index in [1.54, 1.807) is 11.8 Å². The zero-order valence-corrected chi connectivity index (χ0v) is 11.7. The van der Waals surface area contributed by atoms with Gasteiger partial charge in [0, 0.05) is 23.8 Å². The molecule has 0 spiro atoms. The highest BCUT2D eigenvalue weighted by molar-refractivity contribution is 7.98. The zero-order valence-electron chi connectivity index (χ0n) is 10.8. The smallest absolute Gasteiger partial charge is 0.130 e. The maximum Gasteiger partial charge on any atom is 0.130 e. The number of benzene rings is 1. The number of thioether (sulfide) groups is 1. The first-order valence-corrected chi connectivity index (χ1v) is 7.40. The second-order valence-electron chi connectivity index (χ2n) is 4.20. The fourth-order valence-electron chi connectivity index (χ4n) is 2.09. The average Bonchev–Trinajstić information content (AvgIpc) is 2.86. The Kier molecular flexibility index (Phi) is 4.44. The van der Waals surface area contributed by atoms with Gasteiger partial charge in [0.25, 0.3) is 0 Å². The van der Waals surface area contributed by atoms with Crippen LogP contribution >= 0.6 is 11.8 Å². The molecule has 1 aromatic carbocycles. The lowest BCUT2D eigenvalue weighted by molar-refractivity contribution is 0.610. The van der Waals surface area contributed by atoms with Gasteiger partial charge >= 0.3 is 0 Å². The molecule has 1 aromatic heterocycles. The summed E-state index contributed by atoms with van der Waals surface area (Å²) >= 11 is 1.72. The Morgan fingerprint density at radius 1 is 1.39 bits per heavy atom. The van der Waals surface area contributed by atoms with Crippen LogP contribution in [0.1, 0.15) is 30.8 Å². The summed E-state index contributed by atoms with van der Waals surface area (Å²) in [4.78, 5) is 5.63. The van der Waals surface area contributed by atoms with E-state index in [-0.39, 0.29) is 6.04 Å². The predicted octanol–water partition coefficient (Wildman–Crippen LogP) is 3.06. The number of nitrogens with two attached hydrogens (primary N) is 1. The van der Waals surface area contributed by atoms with Gasteiger partial charge in [-0.05, 0) is 24.3 Å². The van der Waals surface area contributed by atoms with Crippen molar-refractivity contribution in [3.05, 3.63) is 48.0 Å². The highest BCUT2D eigenvalue weighted by atomic mass is 32.2. The van der Waals surface area contributed by atoms with Crippen LogP contribution in [0.4, 0.5) is 0 Å². The Balaban J connectivity index is 2.35. The molecule has 0 amide bonds. The predicted molar refractivity (Wildman–Crippen MR) is 76.8 cm³/mol. The third-order valence-electron chi connectivity index (χ3n) is 2.96. The molecule has 0 aliphatic heterocycles. The van der Waals surface area contributed by atoms with Crippen LogP contribution in [0.3, 0.4) is 0 Å². The van der Waals surface area contributed by atoms with Gasteiger partial charge < -0.3 is 10.3 Å².